The molecule has 0 spiro atoms. The summed E-state index contributed by atoms with van der Waals surface area (Å²) in [4.78, 5) is 34.8. The summed E-state index contributed by atoms with van der Waals surface area (Å²) < 4.78 is 10.6. The van der Waals surface area contributed by atoms with Crippen LogP contribution in [0.5, 0.6) is 11.5 Å². The predicted molar refractivity (Wildman–Crippen MR) is 128 cm³/mol. The van der Waals surface area contributed by atoms with E-state index in [0.717, 1.165) is 41.4 Å². The molecular formula is C26H30N4O4. The number of methoxy groups -OCH3 is 1. The van der Waals surface area contributed by atoms with Crippen molar-refractivity contribution >= 4 is 12.0 Å². The van der Waals surface area contributed by atoms with Crippen molar-refractivity contribution in [3.63, 3.8) is 0 Å². The molecule has 34 heavy (non-hydrogen) atoms. The Morgan fingerprint density at radius 1 is 1.09 bits per heavy atom. The van der Waals surface area contributed by atoms with E-state index < -0.39 is 12.1 Å². The number of para-hydroxylation sites is 1. The van der Waals surface area contributed by atoms with Gasteiger partial charge >= 0.3 is 6.09 Å². The number of nitrogens with one attached hydrogen (secondary N) is 2. The molecule has 178 valence electrons. The summed E-state index contributed by atoms with van der Waals surface area (Å²) in [6.45, 7) is 4.43. The first-order chi connectivity index (χ1) is 16.5. The van der Waals surface area contributed by atoms with E-state index in [2.05, 4.69) is 15.3 Å². The van der Waals surface area contributed by atoms with Crippen LogP contribution in [0, 0.1) is 5.92 Å². The van der Waals surface area contributed by atoms with Crippen molar-refractivity contribution in [2.24, 2.45) is 5.92 Å². The number of imidazole rings is 1. The number of ether oxygens (including phenoxy) is 2. The van der Waals surface area contributed by atoms with Crippen molar-refractivity contribution in [3.05, 3.63) is 66.6 Å². The van der Waals surface area contributed by atoms with E-state index in [1.165, 1.54) is 7.11 Å². The van der Waals surface area contributed by atoms with Gasteiger partial charge in [-0.15, -0.1) is 0 Å². The number of carbonyl (C=O) groups is 2. The van der Waals surface area contributed by atoms with Gasteiger partial charge in [0.25, 0.3) is 0 Å². The molecule has 0 saturated carbocycles. The molecule has 1 aliphatic heterocycles. The molecule has 0 bridgehead atoms. The van der Waals surface area contributed by atoms with Crippen LogP contribution >= 0.6 is 0 Å². The minimum atomic E-state index is -0.653. The van der Waals surface area contributed by atoms with Gasteiger partial charge in [0.15, 0.2) is 0 Å². The highest BCUT2D eigenvalue weighted by atomic mass is 16.5. The third kappa shape index (κ3) is 5.22. The summed E-state index contributed by atoms with van der Waals surface area (Å²) in [7, 11) is 1.29. The Kier molecular flexibility index (Phi) is 7.15. The second kappa shape index (κ2) is 10.4. The van der Waals surface area contributed by atoms with E-state index in [0.29, 0.717) is 6.54 Å². The number of hydrogen-bond acceptors (Lipinski definition) is 5. The number of aromatic nitrogens is 2. The van der Waals surface area contributed by atoms with E-state index in [9.17, 15) is 9.59 Å². The molecule has 0 aliphatic carbocycles. The number of aromatic amines is 1. The van der Waals surface area contributed by atoms with Gasteiger partial charge in [-0.25, -0.2) is 9.78 Å². The fourth-order valence-electron chi connectivity index (χ4n) is 4.17. The van der Waals surface area contributed by atoms with Crippen molar-refractivity contribution < 1.29 is 19.1 Å². The molecule has 1 saturated heterocycles. The fraction of sp³-hybridized carbons (Fsp3) is 0.346. The van der Waals surface area contributed by atoms with E-state index in [-0.39, 0.29) is 17.9 Å². The Morgan fingerprint density at radius 3 is 2.47 bits per heavy atom. The number of H-pyrrole nitrogens is 1. The number of likely N-dealkylation sites (tertiary alicyclic amines) is 1. The topological polar surface area (TPSA) is 96.6 Å². The van der Waals surface area contributed by atoms with Gasteiger partial charge in [0.1, 0.15) is 23.4 Å². The molecule has 2 aromatic carbocycles. The molecule has 8 heteroatoms. The average molecular weight is 463 g/mol. The second-order valence-corrected chi connectivity index (χ2v) is 8.67. The third-order valence-electron chi connectivity index (χ3n) is 5.98. The summed E-state index contributed by atoms with van der Waals surface area (Å²) in [6.07, 6.45) is 2.87. The van der Waals surface area contributed by atoms with E-state index >= 15 is 0 Å². The second-order valence-electron chi connectivity index (χ2n) is 8.67. The van der Waals surface area contributed by atoms with E-state index in [4.69, 9.17) is 9.47 Å². The molecule has 1 aromatic heterocycles. The first kappa shape index (κ1) is 23.4. The number of amides is 2. The largest absolute Gasteiger partial charge is 0.457 e. The molecule has 3 aromatic rings. The van der Waals surface area contributed by atoms with Crippen molar-refractivity contribution in [2.75, 3.05) is 13.7 Å². The number of alkyl carbamates (subject to hydrolysis) is 1. The lowest BCUT2D eigenvalue weighted by Crippen LogP contribution is -2.51. The molecule has 2 heterocycles. The normalized spacial score (nSPS) is 16.4. The maximum Gasteiger partial charge on any atom is 0.407 e. The van der Waals surface area contributed by atoms with Crippen molar-refractivity contribution in [3.8, 4) is 22.8 Å². The van der Waals surface area contributed by atoms with Gasteiger partial charge in [-0.05, 0) is 60.7 Å². The maximum atomic E-state index is 13.3. The summed E-state index contributed by atoms with van der Waals surface area (Å²) in [5, 5.41) is 2.67. The Morgan fingerprint density at radius 2 is 1.79 bits per heavy atom. The minimum absolute atomic E-state index is 0.0726. The molecule has 2 unspecified atom stereocenters. The zero-order valence-electron chi connectivity index (χ0n) is 19.7. The fourth-order valence-corrected chi connectivity index (χ4v) is 4.17. The Bertz CT molecular complexity index is 1110. The Balaban J connectivity index is 1.47. The van der Waals surface area contributed by atoms with Crippen LogP contribution in [-0.4, -0.2) is 46.6 Å². The third-order valence-corrected chi connectivity index (χ3v) is 5.98. The lowest BCUT2D eigenvalue weighted by atomic mass is 10.0. The van der Waals surface area contributed by atoms with Crippen LogP contribution in [-0.2, 0) is 9.53 Å². The van der Waals surface area contributed by atoms with Crippen LogP contribution in [0.25, 0.3) is 11.3 Å². The number of hydrogen-bond donors (Lipinski definition) is 2. The molecule has 2 N–H and O–H groups in total. The molecule has 1 fully saturated rings. The standard InChI is InChI=1S/C26H30N4O4/c1-17(2)23(29-26(32)33-3)25(31)30-15-7-10-22(30)24-27-16-21(28-24)18-11-13-20(14-12-18)34-19-8-5-4-6-9-19/h4-6,8-9,11-14,16-17,22-23H,7,10,15H2,1-3H3,(H,27,28)(H,29,32). The van der Waals surface area contributed by atoms with Gasteiger partial charge in [0.05, 0.1) is 25.0 Å². The van der Waals surface area contributed by atoms with Crippen LogP contribution in [0.15, 0.2) is 60.8 Å². The van der Waals surface area contributed by atoms with Crippen LogP contribution < -0.4 is 10.1 Å². The van der Waals surface area contributed by atoms with Crippen molar-refractivity contribution in [1.82, 2.24) is 20.2 Å². The molecular weight excluding hydrogens is 432 g/mol. The van der Waals surface area contributed by atoms with Gasteiger partial charge in [0, 0.05) is 6.54 Å². The highest BCUT2D eigenvalue weighted by molar-refractivity contribution is 5.86. The summed E-state index contributed by atoms with van der Waals surface area (Å²) in [5.41, 5.74) is 1.84. The number of carbonyl (C=O) groups excluding carboxylic acids is 2. The van der Waals surface area contributed by atoms with Crippen LogP contribution in [0.1, 0.15) is 38.6 Å². The summed E-state index contributed by atoms with van der Waals surface area (Å²) in [5.74, 6) is 2.08. The lowest BCUT2D eigenvalue weighted by molar-refractivity contribution is -0.135. The average Bonchev–Trinajstić information content (AvgIpc) is 3.53. The summed E-state index contributed by atoms with van der Waals surface area (Å²) >= 11 is 0. The number of nitrogens with zero attached hydrogens (tertiary/aromatic N) is 2. The SMILES string of the molecule is COC(=O)NC(C(=O)N1CCCC1c1ncc(-c2ccc(Oc3ccccc3)cc2)[nH]1)C(C)C. The molecule has 1 aliphatic rings. The highest BCUT2D eigenvalue weighted by Gasteiger charge is 2.37. The molecule has 0 radical (unpaired) electrons. The van der Waals surface area contributed by atoms with E-state index in [1.807, 2.05) is 68.4 Å². The first-order valence-corrected chi connectivity index (χ1v) is 11.5. The Hall–Kier alpha value is -3.81. The monoisotopic (exact) mass is 462 g/mol. The lowest BCUT2D eigenvalue weighted by Gasteiger charge is -2.30. The van der Waals surface area contributed by atoms with Crippen LogP contribution in [0.3, 0.4) is 0 Å². The maximum absolute atomic E-state index is 13.3. The van der Waals surface area contributed by atoms with E-state index in [1.54, 1.807) is 11.1 Å². The van der Waals surface area contributed by atoms with Crippen LogP contribution in [0.4, 0.5) is 4.79 Å². The quantitative estimate of drug-likeness (QED) is 0.520. The molecule has 4 rings (SSSR count). The summed E-state index contributed by atoms with van der Waals surface area (Å²) in [6, 6.07) is 16.6. The number of rotatable bonds is 7. The van der Waals surface area contributed by atoms with Gasteiger partial charge < -0.3 is 24.7 Å². The molecule has 2 amide bonds. The Labute approximate surface area is 199 Å². The van der Waals surface area contributed by atoms with Gasteiger partial charge in [-0.2, -0.15) is 0 Å². The van der Waals surface area contributed by atoms with Gasteiger partial charge in [-0.3, -0.25) is 4.79 Å². The smallest absolute Gasteiger partial charge is 0.407 e. The first-order valence-electron chi connectivity index (χ1n) is 11.5. The van der Waals surface area contributed by atoms with Gasteiger partial charge in [-0.1, -0.05) is 32.0 Å². The molecule has 2 atom stereocenters. The highest BCUT2D eigenvalue weighted by Crippen LogP contribution is 2.33. The van der Waals surface area contributed by atoms with Crippen LogP contribution in [0.2, 0.25) is 0 Å². The number of benzene rings is 2. The minimum Gasteiger partial charge on any atom is -0.457 e. The van der Waals surface area contributed by atoms with Crippen molar-refractivity contribution in [2.45, 2.75) is 38.8 Å². The predicted octanol–water partition coefficient (Wildman–Crippen LogP) is 4.91. The zero-order chi connectivity index (χ0) is 24.1. The van der Waals surface area contributed by atoms with Crippen molar-refractivity contribution in [1.29, 1.82) is 0 Å². The molecule has 8 nitrogen and oxygen atoms in total. The zero-order valence-corrected chi connectivity index (χ0v) is 19.7. The van der Waals surface area contributed by atoms with Gasteiger partial charge in [0.2, 0.25) is 5.91 Å².